The highest BCUT2D eigenvalue weighted by Gasteiger charge is 2.30. The molecule has 0 aliphatic heterocycles. The van der Waals surface area contributed by atoms with E-state index in [1.165, 1.54) is 23.8 Å². The normalized spacial score (nSPS) is 18.5. The van der Waals surface area contributed by atoms with Gasteiger partial charge in [-0.2, -0.15) is 0 Å². The van der Waals surface area contributed by atoms with Gasteiger partial charge in [-0.25, -0.2) is 14.8 Å². The highest BCUT2D eigenvalue weighted by Crippen LogP contribution is 2.40. The van der Waals surface area contributed by atoms with E-state index in [1.807, 2.05) is 0 Å². The van der Waals surface area contributed by atoms with E-state index in [2.05, 4.69) is 40.4 Å². The van der Waals surface area contributed by atoms with Gasteiger partial charge in [0.1, 0.15) is 16.7 Å². The molecule has 136 valence electrons. The summed E-state index contributed by atoms with van der Waals surface area (Å²) in [5.74, 6) is 1.43. The Hall–Kier alpha value is -2.14. The Kier molecular flexibility index (Phi) is 4.57. The van der Waals surface area contributed by atoms with Crippen LogP contribution in [0.1, 0.15) is 64.1 Å². The molecule has 1 unspecified atom stereocenters. The van der Waals surface area contributed by atoms with Crippen molar-refractivity contribution in [3.05, 3.63) is 51.4 Å². The van der Waals surface area contributed by atoms with Crippen molar-refractivity contribution >= 4 is 23.4 Å². The zero-order valence-corrected chi connectivity index (χ0v) is 15.8. The fourth-order valence-corrected chi connectivity index (χ4v) is 3.81. The molecule has 2 aliphatic rings. The summed E-state index contributed by atoms with van der Waals surface area (Å²) in [6.07, 6.45) is 4.31. The highest BCUT2D eigenvalue weighted by molar-refractivity contribution is 6.35. The molecule has 0 radical (unpaired) electrons. The lowest BCUT2D eigenvalue weighted by molar-refractivity contribution is 0.0593. The molecule has 1 heterocycles. The average molecular weight is 372 g/mol. The first kappa shape index (κ1) is 17.3. The zero-order chi connectivity index (χ0) is 18.3. The van der Waals surface area contributed by atoms with Crippen LogP contribution in [0.25, 0.3) is 0 Å². The molecule has 0 bridgehead atoms. The molecule has 4 rings (SSSR count). The summed E-state index contributed by atoms with van der Waals surface area (Å²) in [6, 6.07) is 6.66. The fourth-order valence-electron chi connectivity index (χ4n) is 3.58. The third kappa shape index (κ3) is 3.28. The number of aromatic nitrogens is 2. The van der Waals surface area contributed by atoms with Crippen LogP contribution in [-0.4, -0.2) is 29.6 Å². The van der Waals surface area contributed by atoms with Crippen LogP contribution < -0.4 is 5.32 Å². The first-order valence-electron chi connectivity index (χ1n) is 9.06. The van der Waals surface area contributed by atoms with Gasteiger partial charge in [0.15, 0.2) is 5.69 Å². The molecule has 1 fully saturated rings. The number of aryl methyl sites for hydroxylation is 2. The first-order chi connectivity index (χ1) is 12.6. The molecule has 1 N–H and O–H groups in total. The number of halogens is 1. The lowest BCUT2D eigenvalue weighted by Gasteiger charge is -2.16. The van der Waals surface area contributed by atoms with Crippen molar-refractivity contribution in [3.8, 4) is 0 Å². The Morgan fingerprint density at radius 2 is 2.12 bits per heavy atom. The van der Waals surface area contributed by atoms with Gasteiger partial charge < -0.3 is 10.1 Å². The van der Waals surface area contributed by atoms with Gasteiger partial charge in [-0.1, -0.05) is 35.4 Å². The molecule has 2 aliphatic carbocycles. The number of hydrogen-bond donors (Lipinski definition) is 1. The molecule has 2 aromatic rings. The molecule has 26 heavy (non-hydrogen) atoms. The second-order valence-corrected chi connectivity index (χ2v) is 7.56. The van der Waals surface area contributed by atoms with E-state index in [-0.39, 0.29) is 10.7 Å². The summed E-state index contributed by atoms with van der Waals surface area (Å²) in [6.45, 7) is 2.85. The predicted octanol–water partition coefficient (Wildman–Crippen LogP) is 4.24. The van der Waals surface area contributed by atoms with Crippen molar-refractivity contribution in [3.63, 3.8) is 0 Å². The lowest BCUT2D eigenvalue weighted by atomic mass is 9.99. The molecular formula is C20H22ClN3O2. The number of methoxy groups -OCH3 is 1. The van der Waals surface area contributed by atoms with E-state index in [0.717, 1.165) is 32.2 Å². The minimum absolute atomic E-state index is 0.149. The number of nitrogens with one attached hydrogen (secondary N) is 1. The molecule has 1 aromatic carbocycles. The average Bonchev–Trinajstić information content (AvgIpc) is 3.42. The van der Waals surface area contributed by atoms with Crippen molar-refractivity contribution in [2.75, 3.05) is 19.0 Å². The Labute approximate surface area is 158 Å². The van der Waals surface area contributed by atoms with Crippen molar-refractivity contribution in [1.82, 2.24) is 9.97 Å². The summed E-state index contributed by atoms with van der Waals surface area (Å²) in [4.78, 5) is 20.9. The van der Waals surface area contributed by atoms with Gasteiger partial charge in [0, 0.05) is 18.4 Å². The van der Waals surface area contributed by atoms with Gasteiger partial charge in [0.2, 0.25) is 0 Å². The highest BCUT2D eigenvalue weighted by atomic mass is 35.5. The van der Waals surface area contributed by atoms with Gasteiger partial charge in [-0.15, -0.1) is 0 Å². The van der Waals surface area contributed by atoms with Gasteiger partial charge in [-0.3, -0.25) is 0 Å². The van der Waals surface area contributed by atoms with Crippen LogP contribution in [0.5, 0.6) is 0 Å². The standard InChI is InChI=1S/C20H22ClN3O2/c1-11-3-4-12-5-8-14(15(12)9-11)10-22-19-16(21)17(20(25)26-2)23-18(24-19)13-6-7-13/h3-4,9,13-14H,5-8,10H2,1-2H3,(H,22,23,24). The van der Waals surface area contributed by atoms with E-state index in [9.17, 15) is 4.79 Å². The molecule has 0 spiro atoms. The number of ether oxygens (including phenoxy) is 1. The molecule has 1 aromatic heterocycles. The maximum atomic E-state index is 12.0. The smallest absolute Gasteiger partial charge is 0.358 e. The number of esters is 1. The molecule has 0 saturated heterocycles. The lowest BCUT2D eigenvalue weighted by Crippen LogP contribution is -2.16. The van der Waals surface area contributed by atoms with Crippen LogP contribution in [0.2, 0.25) is 5.02 Å². The topological polar surface area (TPSA) is 64.1 Å². The van der Waals surface area contributed by atoms with Crippen LogP contribution in [0.4, 0.5) is 5.82 Å². The second kappa shape index (κ2) is 6.88. The summed E-state index contributed by atoms with van der Waals surface area (Å²) in [5, 5.41) is 3.61. The molecule has 5 nitrogen and oxygen atoms in total. The molecule has 1 atom stereocenters. The Morgan fingerprint density at radius 1 is 1.31 bits per heavy atom. The minimum Gasteiger partial charge on any atom is -0.464 e. The van der Waals surface area contributed by atoms with E-state index >= 15 is 0 Å². The fraction of sp³-hybridized carbons (Fsp3) is 0.450. The number of carbonyl (C=O) groups excluding carboxylic acids is 1. The molecule has 1 saturated carbocycles. The summed E-state index contributed by atoms with van der Waals surface area (Å²) >= 11 is 6.40. The predicted molar refractivity (Wildman–Crippen MR) is 101 cm³/mol. The largest absolute Gasteiger partial charge is 0.464 e. The maximum Gasteiger partial charge on any atom is 0.358 e. The number of anilines is 1. The number of benzene rings is 1. The van der Waals surface area contributed by atoms with Crippen LogP contribution in [0, 0.1) is 6.92 Å². The maximum absolute atomic E-state index is 12.0. The molecular weight excluding hydrogens is 350 g/mol. The third-order valence-electron chi connectivity index (χ3n) is 5.21. The quantitative estimate of drug-likeness (QED) is 0.796. The van der Waals surface area contributed by atoms with Gasteiger partial charge in [-0.05, 0) is 43.7 Å². The first-order valence-corrected chi connectivity index (χ1v) is 9.43. The summed E-state index contributed by atoms with van der Waals surface area (Å²) < 4.78 is 4.82. The van der Waals surface area contributed by atoms with E-state index < -0.39 is 5.97 Å². The van der Waals surface area contributed by atoms with Crippen LogP contribution in [-0.2, 0) is 11.2 Å². The van der Waals surface area contributed by atoms with Gasteiger partial charge in [0.25, 0.3) is 0 Å². The van der Waals surface area contributed by atoms with Gasteiger partial charge in [0.05, 0.1) is 7.11 Å². The number of fused-ring (bicyclic) bond motifs is 1. The summed E-state index contributed by atoms with van der Waals surface area (Å²) in [5.41, 5.74) is 4.25. The SMILES string of the molecule is COC(=O)c1nc(C2CC2)nc(NCC2CCc3ccc(C)cc32)c1Cl. The van der Waals surface area contributed by atoms with E-state index in [4.69, 9.17) is 16.3 Å². The Balaban J connectivity index is 1.58. The number of rotatable bonds is 5. The number of carbonyl (C=O) groups is 1. The van der Waals surface area contributed by atoms with E-state index in [0.29, 0.717) is 23.5 Å². The molecule has 0 amide bonds. The van der Waals surface area contributed by atoms with Crippen LogP contribution in [0.15, 0.2) is 18.2 Å². The minimum atomic E-state index is -0.524. The molecule has 6 heteroatoms. The van der Waals surface area contributed by atoms with Crippen molar-refractivity contribution in [1.29, 1.82) is 0 Å². The van der Waals surface area contributed by atoms with Crippen molar-refractivity contribution in [2.24, 2.45) is 0 Å². The Bertz CT molecular complexity index is 864. The van der Waals surface area contributed by atoms with Crippen molar-refractivity contribution < 1.29 is 9.53 Å². The van der Waals surface area contributed by atoms with Crippen molar-refractivity contribution in [2.45, 2.75) is 44.4 Å². The number of nitrogens with zero attached hydrogens (tertiary/aromatic N) is 2. The third-order valence-corrected chi connectivity index (χ3v) is 5.57. The van der Waals surface area contributed by atoms with E-state index in [1.54, 1.807) is 0 Å². The second-order valence-electron chi connectivity index (χ2n) is 7.18. The monoisotopic (exact) mass is 371 g/mol. The van der Waals surface area contributed by atoms with Crippen LogP contribution >= 0.6 is 11.6 Å². The zero-order valence-electron chi connectivity index (χ0n) is 15.0. The van der Waals surface area contributed by atoms with Crippen LogP contribution in [0.3, 0.4) is 0 Å². The Morgan fingerprint density at radius 3 is 2.85 bits per heavy atom. The number of hydrogen-bond acceptors (Lipinski definition) is 5. The summed E-state index contributed by atoms with van der Waals surface area (Å²) in [7, 11) is 1.34. The van der Waals surface area contributed by atoms with Gasteiger partial charge >= 0.3 is 5.97 Å².